The largest absolute Gasteiger partial charge is 0.573 e. The van der Waals surface area contributed by atoms with E-state index in [0.29, 0.717) is 17.5 Å². The zero-order valence-electron chi connectivity index (χ0n) is 11.6. The molecule has 1 N–H and O–H groups in total. The Labute approximate surface area is 117 Å². The number of benzene rings is 1. The van der Waals surface area contributed by atoms with Gasteiger partial charge in [0.05, 0.1) is 0 Å². The van der Waals surface area contributed by atoms with Crippen molar-refractivity contribution in [3.8, 4) is 5.75 Å². The summed E-state index contributed by atoms with van der Waals surface area (Å²) in [6, 6.07) is 6.28. The van der Waals surface area contributed by atoms with Crippen LogP contribution in [0.15, 0.2) is 24.3 Å². The van der Waals surface area contributed by atoms with Gasteiger partial charge in [-0.15, -0.1) is 13.2 Å². The normalized spacial score (nSPS) is 17.0. The van der Waals surface area contributed by atoms with Crippen molar-refractivity contribution in [3.05, 3.63) is 29.8 Å². The van der Waals surface area contributed by atoms with Gasteiger partial charge in [0.2, 0.25) is 0 Å². The van der Waals surface area contributed by atoms with Crippen molar-refractivity contribution in [1.82, 2.24) is 5.32 Å². The number of alkyl halides is 3. The summed E-state index contributed by atoms with van der Waals surface area (Å²) in [6.45, 7) is 3.42. The molecule has 0 unspecified atom stereocenters. The van der Waals surface area contributed by atoms with E-state index in [0.717, 1.165) is 13.0 Å². The number of hydrogen-bond donors (Lipinski definition) is 1. The number of para-hydroxylation sites is 1. The Bertz CT molecular complexity index is 441. The fraction of sp³-hybridized carbons (Fsp3) is 0.600. The van der Waals surface area contributed by atoms with E-state index in [4.69, 9.17) is 0 Å². The van der Waals surface area contributed by atoms with Gasteiger partial charge >= 0.3 is 6.36 Å². The summed E-state index contributed by atoms with van der Waals surface area (Å²) in [7, 11) is 0. The summed E-state index contributed by atoms with van der Waals surface area (Å²) in [5.41, 5.74) is 0.923. The Morgan fingerprint density at radius 2 is 1.95 bits per heavy atom. The topological polar surface area (TPSA) is 21.3 Å². The summed E-state index contributed by atoms with van der Waals surface area (Å²) >= 11 is 0. The molecule has 20 heavy (non-hydrogen) atoms. The van der Waals surface area contributed by atoms with Gasteiger partial charge in [-0.05, 0) is 30.7 Å². The number of halogens is 3. The second-order valence-corrected chi connectivity index (χ2v) is 5.51. The highest BCUT2D eigenvalue weighted by Crippen LogP contribution is 2.49. The smallest absolute Gasteiger partial charge is 0.405 e. The standard InChI is InChI=1S/C15H20F3NO/c1-2-7-14(8-9-14)11-19-10-12-5-3-4-6-13(12)20-15(16,17)18/h3-6,19H,2,7-11H2,1H3. The number of ether oxygens (including phenoxy) is 1. The third-order valence-corrected chi connectivity index (χ3v) is 3.75. The highest BCUT2D eigenvalue weighted by molar-refractivity contribution is 5.33. The molecule has 0 spiro atoms. The van der Waals surface area contributed by atoms with Crippen molar-refractivity contribution in [2.75, 3.05) is 6.54 Å². The van der Waals surface area contributed by atoms with Crippen LogP contribution >= 0.6 is 0 Å². The van der Waals surface area contributed by atoms with Gasteiger partial charge in [-0.25, -0.2) is 0 Å². The van der Waals surface area contributed by atoms with Crippen molar-refractivity contribution in [2.45, 2.75) is 45.5 Å². The lowest BCUT2D eigenvalue weighted by molar-refractivity contribution is -0.274. The van der Waals surface area contributed by atoms with E-state index < -0.39 is 6.36 Å². The van der Waals surface area contributed by atoms with Crippen molar-refractivity contribution >= 4 is 0 Å². The maximum Gasteiger partial charge on any atom is 0.573 e. The molecule has 0 bridgehead atoms. The van der Waals surface area contributed by atoms with Gasteiger partial charge in [-0.2, -0.15) is 0 Å². The molecule has 1 saturated carbocycles. The predicted molar refractivity (Wildman–Crippen MR) is 71.4 cm³/mol. The Morgan fingerprint density at radius 1 is 1.25 bits per heavy atom. The molecule has 0 amide bonds. The zero-order chi connectivity index (χ0) is 14.6. The van der Waals surface area contributed by atoms with E-state index in [1.54, 1.807) is 18.2 Å². The van der Waals surface area contributed by atoms with Crippen LogP contribution in [0.5, 0.6) is 5.75 Å². The van der Waals surface area contributed by atoms with Crippen LogP contribution in [-0.4, -0.2) is 12.9 Å². The quantitative estimate of drug-likeness (QED) is 0.809. The fourth-order valence-electron chi connectivity index (χ4n) is 2.56. The van der Waals surface area contributed by atoms with Crippen LogP contribution in [-0.2, 0) is 6.54 Å². The minimum atomic E-state index is -4.64. The molecule has 0 aromatic heterocycles. The molecule has 0 radical (unpaired) electrons. The Balaban J connectivity index is 1.89. The second kappa shape index (κ2) is 6.04. The average Bonchev–Trinajstić information content (AvgIpc) is 3.10. The minimum absolute atomic E-state index is 0.118. The molecule has 1 aliphatic carbocycles. The van der Waals surface area contributed by atoms with Crippen LogP contribution in [0.1, 0.15) is 38.2 Å². The highest BCUT2D eigenvalue weighted by atomic mass is 19.4. The Hall–Kier alpha value is -1.23. The zero-order valence-corrected chi connectivity index (χ0v) is 11.6. The second-order valence-electron chi connectivity index (χ2n) is 5.51. The average molecular weight is 287 g/mol. The van der Waals surface area contributed by atoms with E-state index in [9.17, 15) is 13.2 Å². The minimum Gasteiger partial charge on any atom is -0.405 e. The molecule has 0 saturated heterocycles. The summed E-state index contributed by atoms with van der Waals surface area (Å²) in [5, 5.41) is 3.27. The SMILES string of the molecule is CCCC1(CNCc2ccccc2OC(F)(F)F)CC1. The monoisotopic (exact) mass is 287 g/mol. The lowest BCUT2D eigenvalue weighted by Crippen LogP contribution is -2.24. The lowest BCUT2D eigenvalue weighted by atomic mass is 10.0. The number of rotatable bonds is 7. The van der Waals surface area contributed by atoms with E-state index in [1.807, 2.05) is 0 Å². The van der Waals surface area contributed by atoms with Crippen LogP contribution in [0, 0.1) is 5.41 Å². The third-order valence-electron chi connectivity index (χ3n) is 3.75. The summed E-state index contributed by atoms with van der Waals surface area (Å²) in [5.74, 6) is -0.118. The molecule has 1 fully saturated rings. The van der Waals surface area contributed by atoms with E-state index in [2.05, 4.69) is 17.0 Å². The van der Waals surface area contributed by atoms with Gasteiger partial charge in [0.25, 0.3) is 0 Å². The molecule has 1 aromatic rings. The van der Waals surface area contributed by atoms with Gasteiger partial charge < -0.3 is 10.1 Å². The molecule has 1 aliphatic rings. The summed E-state index contributed by atoms with van der Waals surface area (Å²) in [6.07, 6.45) is 0.120. The van der Waals surface area contributed by atoms with Crippen LogP contribution in [0.2, 0.25) is 0 Å². The first kappa shape index (κ1) is 15.2. The Kier molecular flexibility index (Phi) is 4.58. The molecular formula is C15H20F3NO. The van der Waals surface area contributed by atoms with Crippen molar-refractivity contribution in [3.63, 3.8) is 0 Å². The molecule has 2 nitrogen and oxygen atoms in total. The first-order chi connectivity index (χ1) is 9.44. The van der Waals surface area contributed by atoms with Gasteiger partial charge in [0.15, 0.2) is 0 Å². The van der Waals surface area contributed by atoms with Crippen LogP contribution < -0.4 is 10.1 Å². The molecule has 2 rings (SSSR count). The molecule has 0 aliphatic heterocycles. The van der Waals surface area contributed by atoms with E-state index in [-0.39, 0.29) is 5.75 Å². The van der Waals surface area contributed by atoms with Crippen molar-refractivity contribution in [2.24, 2.45) is 5.41 Å². The predicted octanol–water partition coefficient (Wildman–Crippen LogP) is 4.26. The molecule has 1 aromatic carbocycles. The van der Waals surface area contributed by atoms with Crippen molar-refractivity contribution in [1.29, 1.82) is 0 Å². The fourth-order valence-corrected chi connectivity index (χ4v) is 2.56. The molecular weight excluding hydrogens is 267 g/mol. The highest BCUT2D eigenvalue weighted by Gasteiger charge is 2.40. The van der Waals surface area contributed by atoms with Crippen LogP contribution in [0.3, 0.4) is 0 Å². The maximum absolute atomic E-state index is 12.3. The van der Waals surface area contributed by atoms with Gasteiger partial charge in [-0.1, -0.05) is 31.5 Å². The van der Waals surface area contributed by atoms with Gasteiger partial charge in [0, 0.05) is 18.7 Å². The Morgan fingerprint density at radius 3 is 2.55 bits per heavy atom. The lowest BCUT2D eigenvalue weighted by Gasteiger charge is -2.17. The molecule has 0 atom stereocenters. The summed E-state index contributed by atoms with van der Waals surface area (Å²) < 4.78 is 40.9. The van der Waals surface area contributed by atoms with E-state index in [1.165, 1.54) is 25.3 Å². The van der Waals surface area contributed by atoms with Crippen LogP contribution in [0.4, 0.5) is 13.2 Å². The molecule has 5 heteroatoms. The first-order valence-electron chi connectivity index (χ1n) is 6.98. The van der Waals surface area contributed by atoms with Crippen molar-refractivity contribution < 1.29 is 17.9 Å². The van der Waals surface area contributed by atoms with Gasteiger partial charge in [-0.3, -0.25) is 0 Å². The van der Waals surface area contributed by atoms with Gasteiger partial charge in [0.1, 0.15) is 5.75 Å². The number of hydrogen-bond acceptors (Lipinski definition) is 2. The molecule has 112 valence electrons. The third kappa shape index (κ3) is 4.40. The summed E-state index contributed by atoms with van der Waals surface area (Å²) in [4.78, 5) is 0. The first-order valence-corrected chi connectivity index (χ1v) is 6.98. The number of nitrogens with one attached hydrogen (secondary N) is 1. The molecule has 0 heterocycles. The van der Waals surface area contributed by atoms with Crippen LogP contribution in [0.25, 0.3) is 0 Å². The maximum atomic E-state index is 12.3. The van der Waals surface area contributed by atoms with E-state index >= 15 is 0 Å².